The summed E-state index contributed by atoms with van der Waals surface area (Å²) in [7, 11) is 0. The molecule has 4 rings (SSSR count). The van der Waals surface area contributed by atoms with Crippen molar-refractivity contribution in [3.05, 3.63) is 70.2 Å². The first-order chi connectivity index (χ1) is 17.4. The number of alkyl halides is 3. The van der Waals surface area contributed by atoms with Gasteiger partial charge in [0.15, 0.2) is 0 Å². The number of nitrogens with one attached hydrogen (secondary N) is 2. The summed E-state index contributed by atoms with van der Waals surface area (Å²) >= 11 is 6.08. The molecule has 2 fully saturated rings. The second-order valence-corrected chi connectivity index (χ2v) is 10.2. The summed E-state index contributed by atoms with van der Waals surface area (Å²) in [6.45, 7) is 0.338. The van der Waals surface area contributed by atoms with Crippen LogP contribution in [0.15, 0.2) is 48.5 Å². The van der Waals surface area contributed by atoms with Gasteiger partial charge in [-0.2, -0.15) is 13.2 Å². The van der Waals surface area contributed by atoms with Crippen molar-refractivity contribution in [3.8, 4) is 0 Å². The van der Waals surface area contributed by atoms with Crippen LogP contribution in [-0.4, -0.2) is 64.7 Å². The Morgan fingerprint density at radius 1 is 1.08 bits per heavy atom. The molecule has 4 N–H and O–H groups in total. The van der Waals surface area contributed by atoms with Crippen LogP contribution in [-0.2, 0) is 16.6 Å². The Morgan fingerprint density at radius 3 is 2.46 bits per heavy atom. The molecule has 1 heterocycles. The number of hydrogen-bond donors (Lipinski definition) is 4. The number of hydrogen-bond acceptors (Lipinski definition) is 5. The maximum absolute atomic E-state index is 12.9. The highest BCUT2D eigenvalue weighted by Gasteiger charge is 2.41. The van der Waals surface area contributed by atoms with E-state index in [4.69, 9.17) is 11.6 Å². The van der Waals surface area contributed by atoms with Crippen molar-refractivity contribution >= 4 is 23.4 Å². The van der Waals surface area contributed by atoms with Crippen molar-refractivity contribution in [2.24, 2.45) is 0 Å². The predicted molar refractivity (Wildman–Crippen MR) is 131 cm³/mol. The molecule has 1 aliphatic heterocycles. The van der Waals surface area contributed by atoms with Crippen LogP contribution in [0.3, 0.4) is 0 Å². The maximum Gasteiger partial charge on any atom is 0.416 e. The lowest BCUT2D eigenvalue weighted by Gasteiger charge is -2.40. The van der Waals surface area contributed by atoms with Crippen LogP contribution < -0.4 is 10.6 Å². The first-order valence-electron chi connectivity index (χ1n) is 12.1. The van der Waals surface area contributed by atoms with E-state index in [2.05, 4.69) is 15.5 Å². The normalized spacial score (nSPS) is 26.6. The van der Waals surface area contributed by atoms with Crippen LogP contribution in [0.5, 0.6) is 0 Å². The molecule has 2 amide bonds. The molecule has 0 unspecified atom stereocenters. The van der Waals surface area contributed by atoms with Crippen molar-refractivity contribution < 1.29 is 33.0 Å². The quantitative estimate of drug-likeness (QED) is 0.452. The first kappa shape index (κ1) is 27.4. The van der Waals surface area contributed by atoms with E-state index in [-0.39, 0.29) is 11.6 Å². The van der Waals surface area contributed by atoms with Gasteiger partial charge in [0.25, 0.3) is 5.91 Å². The highest BCUT2D eigenvalue weighted by Crippen LogP contribution is 2.40. The van der Waals surface area contributed by atoms with Gasteiger partial charge in [0.1, 0.15) is 0 Å². The van der Waals surface area contributed by atoms with Gasteiger partial charge in [-0.3, -0.25) is 14.5 Å². The van der Waals surface area contributed by atoms with Crippen molar-refractivity contribution in [2.45, 2.75) is 55.6 Å². The van der Waals surface area contributed by atoms with Crippen molar-refractivity contribution in [3.63, 3.8) is 0 Å². The molecule has 37 heavy (non-hydrogen) atoms. The molecule has 200 valence electrons. The molecular weight excluding hydrogens is 511 g/mol. The highest BCUT2D eigenvalue weighted by atomic mass is 35.5. The van der Waals surface area contributed by atoms with E-state index in [1.165, 1.54) is 6.07 Å². The summed E-state index contributed by atoms with van der Waals surface area (Å²) in [4.78, 5) is 26.7. The number of nitrogens with zero attached hydrogens (tertiary/aromatic N) is 1. The summed E-state index contributed by atoms with van der Waals surface area (Å²) in [5, 5.41) is 27.2. The van der Waals surface area contributed by atoms with E-state index in [0.717, 1.165) is 23.8 Å². The van der Waals surface area contributed by atoms with Crippen molar-refractivity contribution in [1.29, 1.82) is 0 Å². The number of aliphatic hydroxyl groups excluding tert-OH is 1. The fourth-order valence-electron chi connectivity index (χ4n) is 5.13. The lowest BCUT2D eigenvalue weighted by Crippen LogP contribution is -2.47. The molecule has 11 heteroatoms. The molecule has 0 radical (unpaired) electrons. The molecule has 2 aromatic carbocycles. The molecule has 7 nitrogen and oxygen atoms in total. The van der Waals surface area contributed by atoms with Crippen LogP contribution in [0.25, 0.3) is 0 Å². The molecule has 0 bridgehead atoms. The summed E-state index contributed by atoms with van der Waals surface area (Å²) in [6.07, 6.45) is -2.87. The molecular formula is C26H29ClF3N3O4. The van der Waals surface area contributed by atoms with Gasteiger partial charge in [0.05, 0.1) is 29.9 Å². The van der Waals surface area contributed by atoms with Gasteiger partial charge in [-0.25, -0.2) is 0 Å². The summed E-state index contributed by atoms with van der Waals surface area (Å²) < 4.78 is 38.6. The Labute approximate surface area is 217 Å². The SMILES string of the molecule is O=C(CNC(=O)c1cccc(C(F)(F)F)c1)N[C@H]1CN(C2CCC(O)(c3cccc(Cl)c3)CC2)C[C@@H]1O. The number of benzene rings is 2. The topological polar surface area (TPSA) is 102 Å². The monoisotopic (exact) mass is 539 g/mol. The van der Waals surface area contributed by atoms with Crippen LogP contribution in [0.1, 0.15) is 47.2 Å². The maximum atomic E-state index is 12.9. The first-order valence-corrected chi connectivity index (χ1v) is 12.5. The number of carbonyl (C=O) groups excluding carboxylic acids is 2. The molecule has 2 atom stereocenters. The minimum atomic E-state index is -4.58. The summed E-state index contributed by atoms with van der Waals surface area (Å²) in [5.41, 5.74) is -1.32. The van der Waals surface area contributed by atoms with Gasteiger partial charge < -0.3 is 20.8 Å². The Hall–Kier alpha value is -2.66. The third kappa shape index (κ3) is 6.62. The van der Waals surface area contributed by atoms with E-state index < -0.39 is 47.8 Å². The Kier molecular flexibility index (Phi) is 8.13. The van der Waals surface area contributed by atoms with Crippen LogP contribution in [0, 0.1) is 0 Å². The van der Waals surface area contributed by atoms with Gasteiger partial charge in [-0.15, -0.1) is 0 Å². The smallest absolute Gasteiger partial charge is 0.390 e. The third-order valence-electron chi connectivity index (χ3n) is 7.19. The fraction of sp³-hybridized carbons (Fsp3) is 0.462. The number of carbonyl (C=O) groups is 2. The van der Waals surface area contributed by atoms with Gasteiger partial charge in [-0.1, -0.05) is 29.8 Å². The average Bonchev–Trinajstić information content (AvgIpc) is 3.22. The third-order valence-corrected chi connectivity index (χ3v) is 7.42. The second-order valence-electron chi connectivity index (χ2n) is 9.73. The number of rotatable bonds is 6. The predicted octanol–water partition coefficient (Wildman–Crippen LogP) is 3.08. The fourth-order valence-corrected chi connectivity index (χ4v) is 5.32. The van der Waals surface area contributed by atoms with Gasteiger partial charge >= 0.3 is 6.18 Å². The molecule has 1 saturated heterocycles. The van der Waals surface area contributed by atoms with Crippen LogP contribution in [0.2, 0.25) is 5.02 Å². The molecule has 1 aliphatic carbocycles. The Bertz CT molecular complexity index is 1140. The lowest BCUT2D eigenvalue weighted by molar-refractivity contribution is -0.137. The summed E-state index contributed by atoms with van der Waals surface area (Å²) in [5.74, 6) is -1.35. The number of likely N-dealkylation sites (tertiary alicyclic amines) is 1. The standard InChI is InChI=1S/C26H29ClF3N3O4/c27-19-6-2-4-17(12-19)25(37)9-7-20(8-10-25)33-14-21(22(34)15-33)32-23(35)13-31-24(36)16-3-1-5-18(11-16)26(28,29)30/h1-6,11-12,20-22,34,37H,7-10,13-15H2,(H,31,36)(H,32,35)/t20?,21-,22-,25?/m0/s1. The molecule has 2 aromatic rings. The van der Waals surface area contributed by atoms with Gasteiger partial charge in [0.2, 0.25) is 5.91 Å². The Morgan fingerprint density at radius 2 is 1.78 bits per heavy atom. The van der Waals surface area contributed by atoms with E-state index >= 15 is 0 Å². The molecule has 2 aliphatic rings. The number of aliphatic hydroxyl groups is 2. The zero-order valence-corrected chi connectivity index (χ0v) is 20.7. The zero-order valence-electron chi connectivity index (χ0n) is 20.0. The average molecular weight is 540 g/mol. The van der Waals surface area contributed by atoms with Crippen LogP contribution >= 0.6 is 11.6 Å². The number of amides is 2. The highest BCUT2D eigenvalue weighted by molar-refractivity contribution is 6.30. The molecule has 1 saturated carbocycles. The lowest BCUT2D eigenvalue weighted by atomic mass is 9.77. The number of β-amino-alcohol motifs (C(OH)–C–C–N with tert-alkyl or cyclic N) is 1. The minimum absolute atomic E-state index is 0.136. The Balaban J connectivity index is 1.25. The zero-order chi connectivity index (χ0) is 26.8. The molecule has 0 aromatic heterocycles. The van der Waals surface area contributed by atoms with Gasteiger partial charge in [0, 0.05) is 29.7 Å². The largest absolute Gasteiger partial charge is 0.416 e. The second kappa shape index (κ2) is 11.0. The van der Waals surface area contributed by atoms with E-state index in [1.807, 2.05) is 12.1 Å². The van der Waals surface area contributed by atoms with Gasteiger partial charge in [-0.05, 0) is 61.6 Å². The van der Waals surface area contributed by atoms with E-state index in [1.54, 1.807) is 12.1 Å². The van der Waals surface area contributed by atoms with Crippen LogP contribution in [0.4, 0.5) is 13.2 Å². The van der Waals surface area contributed by atoms with E-state index in [9.17, 15) is 33.0 Å². The molecule has 0 spiro atoms. The van der Waals surface area contributed by atoms with Crippen molar-refractivity contribution in [2.75, 3.05) is 19.6 Å². The summed E-state index contributed by atoms with van der Waals surface area (Å²) in [6, 6.07) is 10.8. The minimum Gasteiger partial charge on any atom is -0.390 e. The van der Waals surface area contributed by atoms with E-state index in [0.29, 0.717) is 43.8 Å². The number of halogens is 4. The van der Waals surface area contributed by atoms with Crippen molar-refractivity contribution in [1.82, 2.24) is 15.5 Å².